The molecule has 0 heterocycles. The molecular weight excluding hydrogens is 272 g/mol. The molecule has 7 heteroatoms. The Labute approximate surface area is 115 Å². The Balaban J connectivity index is 2.79. The van der Waals surface area contributed by atoms with Crippen LogP contribution in [0.25, 0.3) is 0 Å². The first-order valence-corrected chi connectivity index (χ1v) is 5.98. The minimum absolute atomic E-state index is 0.215. The van der Waals surface area contributed by atoms with Gasteiger partial charge in [-0.05, 0) is 24.3 Å². The van der Waals surface area contributed by atoms with Crippen molar-refractivity contribution in [1.82, 2.24) is 0 Å². The minimum atomic E-state index is -1.11. The molecule has 3 N–H and O–H groups in total. The highest BCUT2D eigenvalue weighted by atomic mass is 35.5. The number of aliphatic carboxylic acids is 1. The van der Waals surface area contributed by atoms with Crippen molar-refractivity contribution in [2.75, 3.05) is 31.2 Å². The van der Waals surface area contributed by atoms with E-state index in [9.17, 15) is 9.59 Å². The van der Waals surface area contributed by atoms with E-state index in [4.69, 9.17) is 27.2 Å². The minimum Gasteiger partial charge on any atom is -0.480 e. The van der Waals surface area contributed by atoms with Crippen LogP contribution in [0.5, 0.6) is 0 Å². The first-order valence-electron chi connectivity index (χ1n) is 5.60. The Morgan fingerprint density at radius 1 is 1.32 bits per heavy atom. The second kappa shape index (κ2) is 7.73. The molecule has 0 radical (unpaired) electrons. The third-order valence-electron chi connectivity index (χ3n) is 2.22. The Morgan fingerprint density at radius 3 is 2.47 bits per heavy atom. The monoisotopic (exact) mass is 286 g/mol. The summed E-state index contributed by atoms with van der Waals surface area (Å²) in [6, 6.07) is 6.32. The molecule has 0 spiro atoms. The molecule has 104 valence electrons. The summed E-state index contributed by atoms with van der Waals surface area (Å²) in [4.78, 5) is 23.8. The lowest BCUT2D eigenvalue weighted by Gasteiger charge is -2.20. The van der Waals surface area contributed by atoms with Crippen LogP contribution in [-0.2, 0) is 14.3 Å². The van der Waals surface area contributed by atoms with E-state index < -0.39 is 18.4 Å². The number of ether oxygens (including phenoxy) is 1. The standard InChI is InChI=1S/C12H15ClN2O4/c13-9-1-3-10(4-2-9)15(7-12(17)18)11(16)8-19-6-5-14/h1-4H,5-8,14H2,(H,17,18). The molecule has 0 atom stereocenters. The largest absolute Gasteiger partial charge is 0.480 e. The van der Waals surface area contributed by atoms with Crippen molar-refractivity contribution in [1.29, 1.82) is 0 Å². The zero-order valence-electron chi connectivity index (χ0n) is 10.2. The number of halogens is 1. The van der Waals surface area contributed by atoms with E-state index in [-0.39, 0.29) is 13.2 Å². The second-order valence-corrected chi connectivity index (χ2v) is 4.13. The number of carbonyl (C=O) groups excluding carboxylic acids is 1. The number of anilines is 1. The molecule has 1 rings (SSSR count). The van der Waals surface area contributed by atoms with Crippen LogP contribution in [0.4, 0.5) is 5.69 Å². The summed E-state index contributed by atoms with van der Waals surface area (Å²) in [5.41, 5.74) is 5.69. The molecule has 0 aliphatic carbocycles. The molecule has 0 saturated heterocycles. The smallest absolute Gasteiger partial charge is 0.323 e. The van der Waals surface area contributed by atoms with Crippen molar-refractivity contribution in [2.24, 2.45) is 5.73 Å². The topological polar surface area (TPSA) is 92.9 Å². The molecule has 1 aromatic carbocycles. The number of benzene rings is 1. The zero-order chi connectivity index (χ0) is 14.3. The van der Waals surface area contributed by atoms with Gasteiger partial charge in [-0.2, -0.15) is 0 Å². The number of hydrogen-bond acceptors (Lipinski definition) is 4. The molecule has 0 aromatic heterocycles. The first-order chi connectivity index (χ1) is 9.04. The van der Waals surface area contributed by atoms with Crippen LogP contribution >= 0.6 is 11.6 Å². The van der Waals surface area contributed by atoms with Crippen LogP contribution in [0.3, 0.4) is 0 Å². The lowest BCUT2D eigenvalue weighted by atomic mass is 10.3. The lowest BCUT2D eigenvalue weighted by Crippen LogP contribution is -2.38. The van der Waals surface area contributed by atoms with Crippen LogP contribution in [0.2, 0.25) is 5.02 Å². The fraction of sp³-hybridized carbons (Fsp3) is 0.333. The summed E-state index contributed by atoms with van der Waals surface area (Å²) in [6.07, 6.45) is 0. The van der Waals surface area contributed by atoms with Crippen molar-refractivity contribution in [3.05, 3.63) is 29.3 Å². The Morgan fingerprint density at radius 2 is 1.95 bits per heavy atom. The molecule has 0 fully saturated rings. The van der Waals surface area contributed by atoms with Gasteiger partial charge in [-0.1, -0.05) is 11.6 Å². The van der Waals surface area contributed by atoms with Crippen molar-refractivity contribution in [3.8, 4) is 0 Å². The fourth-order valence-electron chi connectivity index (χ4n) is 1.40. The Kier molecular flexibility index (Phi) is 6.27. The number of carboxylic acids is 1. The zero-order valence-corrected chi connectivity index (χ0v) is 11.0. The molecule has 1 amide bonds. The number of hydrogen-bond donors (Lipinski definition) is 2. The van der Waals surface area contributed by atoms with Gasteiger partial charge in [0, 0.05) is 17.3 Å². The number of amides is 1. The molecule has 19 heavy (non-hydrogen) atoms. The van der Waals surface area contributed by atoms with Crippen LogP contribution in [0.15, 0.2) is 24.3 Å². The van der Waals surface area contributed by atoms with E-state index in [0.717, 1.165) is 4.90 Å². The van der Waals surface area contributed by atoms with Gasteiger partial charge in [0.1, 0.15) is 13.2 Å². The maximum atomic E-state index is 11.9. The molecule has 0 saturated carbocycles. The van der Waals surface area contributed by atoms with Gasteiger partial charge in [0.2, 0.25) is 0 Å². The van der Waals surface area contributed by atoms with E-state index in [1.54, 1.807) is 24.3 Å². The summed E-state index contributed by atoms with van der Waals surface area (Å²) >= 11 is 5.75. The summed E-state index contributed by atoms with van der Waals surface area (Å²) < 4.78 is 5.02. The maximum Gasteiger partial charge on any atom is 0.323 e. The van der Waals surface area contributed by atoms with Crippen molar-refractivity contribution < 1.29 is 19.4 Å². The highest BCUT2D eigenvalue weighted by molar-refractivity contribution is 6.30. The van der Waals surface area contributed by atoms with Gasteiger partial charge in [0.15, 0.2) is 0 Å². The van der Waals surface area contributed by atoms with E-state index in [1.807, 2.05) is 0 Å². The molecule has 0 aliphatic rings. The van der Waals surface area contributed by atoms with E-state index in [2.05, 4.69) is 0 Å². The Hall–Kier alpha value is -1.63. The highest BCUT2D eigenvalue weighted by Gasteiger charge is 2.18. The lowest BCUT2D eigenvalue weighted by molar-refractivity contribution is -0.137. The highest BCUT2D eigenvalue weighted by Crippen LogP contribution is 2.18. The molecular formula is C12H15ClN2O4. The van der Waals surface area contributed by atoms with Crippen LogP contribution in [0.1, 0.15) is 0 Å². The SMILES string of the molecule is NCCOCC(=O)N(CC(=O)O)c1ccc(Cl)cc1. The van der Waals surface area contributed by atoms with Gasteiger partial charge in [-0.25, -0.2) is 0 Å². The average Bonchev–Trinajstić information content (AvgIpc) is 2.37. The molecule has 0 aliphatic heterocycles. The van der Waals surface area contributed by atoms with Crippen LogP contribution in [0, 0.1) is 0 Å². The van der Waals surface area contributed by atoms with Gasteiger partial charge in [-0.3, -0.25) is 14.5 Å². The number of carboxylic acid groups (broad SMARTS) is 1. The summed E-state index contributed by atoms with van der Waals surface area (Å²) in [6.45, 7) is -0.111. The van der Waals surface area contributed by atoms with Gasteiger partial charge < -0.3 is 15.6 Å². The van der Waals surface area contributed by atoms with Gasteiger partial charge >= 0.3 is 5.97 Å². The number of carbonyl (C=O) groups is 2. The summed E-state index contributed by atoms with van der Waals surface area (Å²) in [5.74, 6) is -1.56. The third-order valence-corrected chi connectivity index (χ3v) is 2.47. The van der Waals surface area contributed by atoms with E-state index >= 15 is 0 Å². The molecule has 1 aromatic rings. The normalized spacial score (nSPS) is 10.2. The van der Waals surface area contributed by atoms with Gasteiger partial charge in [-0.15, -0.1) is 0 Å². The molecule has 0 bridgehead atoms. The van der Waals surface area contributed by atoms with Crippen LogP contribution < -0.4 is 10.6 Å². The second-order valence-electron chi connectivity index (χ2n) is 3.69. The van der Waals surface area contributed by atoms with Gasteiger partial charge in [0.05, 0.1) is 6.61 Å². The third kappa shape index (κ3) is 5.25. The van der Waals surface area contributed by atoms with Crippen molar-refractivity contribution in [3.63, 3.8) is 0 Å². The average molecular weight is 287 g/mol. The predicted octanol–water partition coefficient (Wildman–Crippen LogP) is 0.733. The van der Waals surface area contributed by atoms with Crippen molar-refractivity contribution in [2.45, 2.75) is 0 Å². The number of nitrogens with two attached hydrogens (primary N) is 1. The van der Waals surface area contributed by atoms with E-state index in [1.165, 1.54) is 0 Å². The predicted molar refractivity (Wildman–Crippen MR) is 71.3 cm³/mol. The van der Waals surface area contributed by atoms with E-state index in [0.29, 0.717) is 17.3 Å². The summed E-state index contributed by atoms with van der Waals surface area (Å²) in [5, 5.41) is 9.34. The van der Waals surface area contributed by atoms with Crippen LogP contribution in [-0.4, -0.2) is 43.3 Å². The number of rotatable bonds is 7. The fourth-order valence-corrected chi connectivity index (χ4v) is 1.53. The maximum absolute atomic E-state index is 11.9. The quantitative estimate of drug-likeness (QED) is 0.721. The van der Waals surface area contributed by atoms with Crippen molar-refractivity contribution >= 4 is 29.2 Å². The molecule has 6 nitrogen and oxygen atoms in total. The molecule has 0 unspecified atom stereocenters. The first kappa shape index (κ1) is 15.4. The summed E-state index contributed by atoms with van der Waals surface area (Å²) in [7, 11) is 0. The Bertz CT molecular complexity index is 436. The van der Waals surface area contributed by atoms with Gasteiger partial charge in [0.25, 0.3) is 5.91 Å². The number of nitrogens with zero attached hydrogens (tertiary/aromatic N) is 1.